The molecule has 0 radical (unpaired) electrons. The smallest absolute Gasteiger partial charge is 0.389 e. The van der Waals surface area contributed by atoms with E-state index in [-0.39, 0.29) is 31.8 Å². The number of carbonyl (C=O) groups is 2. The highest BCUT2D eigenvalue weighted by Crippen LogP contribution is 2.20. The summed E-state index contributed by atoms with van der Waals surface area (Å²) in [6, 6.07) is -0.589. The van der Waals surface area contributed by atoms with Crippen LogP contribution in [0.3, 0.4) is 0 Å². The number of aliphatic carboxylic acids is 1. The molecule has 1 atom stereocenters. The van der Waals surface area contributed by atoms with Gasteiger partial charge in [-0.05, 0) is 12.3 Å². The quantitative estimate of drug-likeness (QED) is 0.616. The number of carboxylic acid groups (broad SMARTS) is 1. The van der Waals surface area contributed by atoms with E-state index >= 15 is 0 Å². The SMILES string of the molecule is CC(CNC(=O)NCCCC(F)(F)F)CC(=O)O. The van der Waals surface area contributed by atoms with Crippen LogP contribution in [0.5, 0.6) is 0 Å². The molecular weight excluding hydrogens is 253 g/mol. The number of amides is 2. The predicted octanol–water partition coefficient (Wildman–Crippen LogP) is 1.74. The topological polar surface area (TPSA) is 78.4 Å². The standard InChI is InChI=1S/C10H17F3N2O3/c1-7(5-8(16)17)6-15-9(18)14-4-2-3-10(11,12)13/h7H,2-6H2,1H3,(H,16,17)(H2,14,15,18). The zero-order valence-corrected chi connectivity index (χ0v) is 10.0. The van der Waals surface area contributed by atoms with Crippen molar-refractivity contribution in [1.29, 1.82) is 0 Å². The molecule has 0 bridgehead atoms. The summed E-state index contributed by atoms with van der Waals surface area (Å²) in [7, 11) is 0. The maximum absolute atomic E-state index is 11.8. The first-order chi connectivity index (χ1) is 8.20. The normalized spacial score (nSPS) is 12.9. The van der Waals surface area contributed by atoms with E-state index in [0.717, 1.165) is 0 Å². The Morgan fingerprint density at radius 3 is 2.39 bits per heavy atom. The Hall–Kier alpha value is -1.47. The lowest BCUT2D eigenvalue weighted by molar-refractivity contribution is -0.138. The van der Waals surface area contributed by atoms with Crippen LogP contribution < -0.4 is 10.6 Å². The molecule has 0 rings (SSSR count). The molecule has 0 heterocycles. The first-order valence-electron chi connectivity index (χ1n) is 5.51. The second kappa shape index (κ2) is 7.78. The molecule has 1 unspecified atom stereocenters. The van der Waals surface area contributed by atoms with Crippen molar-refractivity contribution < 1.29 is 27.9 Å². The number of urea groups is 1. The van der Waals surface area contributed by atoms with Crippen LogP contribution in [0.4, 0.5) is 18.0 Å². The van der Waals surface area contributed by atoms with Gasteiger partial charge in [-0.15, -0.1) is 0 Å². The Labute approximate surface area is 103 Å². The number of hydrogen-bond donors (Lipinski definition) is 3. The van der Waals surface area contributed by atoms with E-state index in [1.54, 1.807) is 6.92 Å². The van der Waals surface area contributed by atoms with E-state index in [1.807, 2.05) is 0 Å². The summed E-state index contributed by atoms with van der Waals surface area (Å²) in [5, 5.41) is 13.1. The van der Waals surface area contributed by atoms with Gasteiger partial charge >= 0.3 is 18.2 Å². The minimum absolute atomic E-state index is 0.0708. The number of halogens is 3. The lowest BCUT2D eigenvalue weighted by Gasteiger charge is -2.11. The van der Waals surface area contributed by atoms with Gasteiger partial charge in [-0.1, -0.05) is 6.92 Å². The van der Waals surface area contributed by atoms with Gasteiger partial charge in [-0.3, -0.25) is 4.79 Å². The molecule has 0 saturated heterocycles. The van der Waals surface area contributed by atoms with E-state index in [9.17, 15) is 22.8 Å². The van der Waals surface area contributed by atoms with Crippen LogP contribution in [0.25, 0.3) is 0 Å². The van der Waals surface area contributed by atoms with Crippen molar-refractivity contribution in [2.24, 2.45) is 5.92 Å². The Balaban J connectivity index is 3.57. The van der Waals surface area contributed by atoms with Gasteiger partial charge in [0.1, 0.15) is 0 Å². The summed E-state index contributed by atoms with van der Waals surface area (Å²) in [5.74, 6) is -1.20. The van der Waals surface area contributed by atoms with Crippen molar-refractivity contribution in [2.45, 2.75) is 32.4 Å². The molecule has 3 N–H and O–H groups in total. The van der Waals surface area contributed by atoms with Crippen molar-refractivity contribution in [3.63, 3.8) is 0 Å². The lowest BCUT2D eigenvalue weighted by atomic mass is 10.1. The van der Waals surface area contributed by atoms with Gasteiger partial charge in [0.25, 0.3) is 0 Å². The number of carboxylic acids is 1. The van der Waals surface area contributed by atoms with Crippen LogP contribution in [-0.2, 0) is 4.79 Å². The molecule has 2 amide bonds. The fourth-order valence-electron chi connectivity index (χ4n) is 1.19. The van der Waals surface area contributed by atoms with Gasteiger partial charge < -0.3 is 15.7 Å². The number of hydrogen-bond acceptors (Lipinski definition) is 2. The highest BCUT2D eigenvalue weighted by Gasteiger charge is 2.25. The van der Waals surface area contributed by atoms with Crippen LogP contribution >= 0.6 is 0 Å². The van der Waals surface area contributed by atoms with Gasteiger partial charge in [0.2, 0.25) is 0 Å². The van der Waals surface area contributed by atoms with E-state index < -0.39 is 24.6 Å². The summed E-state index contributed by atoms with van der Waals surface area (Å²) < 4.78 is 35.3. The average Bonchev–Trinajstić information content (AvgIpc) is 2.19. The predicted molar refractivity (Wildman–Crippen MR) is 58.1 cm³/mol. The van der Waals surface area contributed by atoms with Crippen molar-refractivity contribution in [3.05, 3.63) is 0 Å². The maximum Gasteiger partial charge on any atom is 0.389 e. The third-order valence-corrected chi connectivity index (χ3v) is 2.06. The zero-order chi connectivity index (χ0) is 14.2. The summed E-state index contributed by atoms with van der Waals surface area (Å²) >= 11 is 0. The lowest BCUT2D eigenvalue weighted by Crippen LogP contribution is -2.38. The minimum Gasteiger partial charge on any atom is -0.481 e. The Morgan fingerprint density at radius 2 is 1.89 bits per heavy atom. The zero-order valence-electron chi connectivity index (χ0n) is 10.0. The number of carbonyl (C=O) groups excluding carboxylic acids is 1. The molecule has 0 aliphatic heterocycles. The first-order valence-corrected chi connectivity index (χ1v) is 5.51. The largest absolute Gasteiger partial charge is 0.481 e. The van der Waals surface area contributed by atoms with Crippen LogP contribution in [0.2, 0.25) is 0 Å². The third-order valence-electron chi connectivity index (χ3n) is 2.06. The van der Waals surface area contributed by atoms with E-state index in [1.165, 1.54) is 0 Å². The van der Waals surface area contributed by atoms with Gasteiger partial charge in [0.15, 0.2) is 0 Å². The van der Waals surface area contributed by atoms with Crippen molar-refractivity contribution in [3.8, 4) is 0 Å². The van der Waals surface area contributed by atoms with Crippen molar-refractivity contribution in [2.75, 3.05) is 13.1 Å². The number of nitrogens with one attached hydrogen (secondary N) is 2. The van der Waals surface area contributed by atoms with Gasteiger partial charge in [-0.25, -0.2) is 4.79 Å². The molecule has 0 fully saturated rings. The molecule has 8 heteroatoms. The average molecular weight is 270 g/mol. The van der Waals surface area contributed by atoms with Crippen LogP contribution in [0, 0.1) is 5.92 Å². The molecule has 0 aromatic heterocycles. The molecule has 0 aliphatic carbocycles. The van der Waals surface area contributed by atoms with Crippen molar-refractivity contribution in [1.82, 2.24) is 10.6 Å². The monoisotopic (exact) mass is 270 g/mol. The minimum atomic E-state index is -4.21. The molecule has 0 aromatic rings. The summed E-state index contributed by atoms with van der Waals surface area (Å²) in [6.07, 6.45) is -5.41. The van der Waals surface area contributed by atoms with Gasteiger partial charge in [-0.2, -0.15) is 13.2 Å². The maximum atomic E-state index is 11.8. The number of rotatable bonds is 7. The molecule has 0 spiro atoms. The van der Waals surface area contributed by atoms with E-state index in [2.05, 4.69) is 10.6 Å². The molecule has 106 valence electrons. The fraction of sp³-hybridized carbons (Fsp3) is 0.800. The Morgan fingerprint density at radius 1 is 1.28 bits per heavy atom. The van der Waals surface area contributed by atoms with Gasteiger partial charge in [0.05, 0.1) is 0 Å². The number of alkyl halides is 3. The van der Waals surface area contributed by atoms with Gasteiger partial charge in [0, 0.05) is 25.9 Å². The second-order valence-corrected chi connectivity index (χ2v) is 4.06. The molecule has 5 nitrogen and oxygen atoms in total. The van der Waals surface area contributed by atoms with Crippen LogP contribution in [0.15, 0.2) is 0 Å². The van der Waals surface area contributed by atoms with E-state index in [4.69, 9.17) is 5.11 Å². The van der Waals surface area contributed by atoms with Crippen LogP contribution in [0.1, 0.15) is 26.2 Å². The van der Waals surface area contributed by atoms with E-state index in [0.29, 0.717) is 0 Å². The third kappa shape index (κ3) is 11.0. The molecule has 0 aliphatic rings. The molecule has 0 saturated carbocycles. The Bertz CT molecular complexity index is 282. The van der Waals surface area contributed by atoms with Crippen molar-refractivity contribution >= 4 is 12.0 Å². The molecule has 0 aromatic carbocycles. The highest BCUT2D eigenvalue weighted by molar-refractivity contribution is 5.73. The summed E-state index contributed by atoms with van der Waals surface area (Å²) in [4.78, 5) is 21.4. The first kappa shape index (κ1) is 16.5. The van der Waals surface area contributed by atoms with Crippen LogP contribution in [-0.4, -0.2) is 36.4 Å². The second-order valence-electron chi connectivity index (χ2n) is 4.06. The molecule has 18 heavy (non-hydrogen) atoms. The summed E-state index contributed by atoms with van der Waals surface area (Å²) in [5.41, 5.74) is 0. The highest BCUT2D eigenvalue weighted by atomic mass is 19.4. The molecular formula is C10H17F3N2O3. The Kier molecular flexibility index (Phi) is 7.14. The fourth-order valence-corrected chi connectivity index (χ4v) is 1.19. The summed E-state index contributed by atoms with van der Waals surface area (Å²) in [6.45, 7) is 1.74.